The van der Waals surface area contributed by atoms with E-state index >= 15 is 0 Å². The topological polar surface area (TPSA) is 119 Å². The van der Waals surface area contributed by atoms with E-state index in [2.05, 4.69) is 5.32 Å². The lowest BCUT2D eigenvalue weighted by Gasteiger charge is -2.28. The van der Waals surface area contributed by atoms with Crippen molar-refractivity contribution in [3.05, 3.63) is 34.4 Å². The molecule has 0 bridgehead atoms. The first-order valence-corrected chi connectivity index (χ1v) is 9.26. The second-order valence-electron chi connectivity index (χ2n) is 6.15. The minimum Gasteiger partial charge on any atom is -0.481 e. The molecule has 1 aromatic rings. The number of carbonyl (C=O) groups is 2. The fourth-order valence-electron chi connectivity index (χ4n) is 2.83. The highest BCUT2D eigenvalue weighted by atomic mass is 32.2. The van der Waals surface area contributed by atoms with Gasteiger partial charge in [-0.25, -0.2) is 0 Å². The van der Waals surface area contributed by atoms with Crippen molar-refractivity contribution in [2.75, 3.05) is 19.8 Å². The van der Waals surface area contributed by atoms with Gasteiger partial charge < -0.3 is 15.2 Å². The molecule has 2 unspecified atom stereocenters. The van der Waals surface area contributed by atoms with E-state index in [4.69, 9.17) is 4.74 Å². The van der Waals surface area contributed by atoms with Crippen molar-refractivity contribution < 1.29 is 24.4 Å². The smallest absolute Gasteiger partial charge is 0.308 e. The van der Waals surface area contributed by atoms with E-state index in [1.165, 1.54) is 23.9 Å². The van der Waals surface area contributed by atoms with Crippen LogP contribution in [0.4, 0.5) is 5.69 Å². The highest BCUT2D eigenvalue weighted by Crippen LogP contribution is 2.26. The molecule has 0 aliphatic carbocycles. The van der Waals surface area contributed by atoms with Gasteiger partial charge >= 0.3 is 5.97 Å². The summed E-state index contributed by atoms with van der Waals surface area (Å²) in [4.78, 5) is 34.7. The number of nitrogens with one attached hydrogen (secondary N) is 1. The number of nitrogens with zero attached hydrogens (tertiary/aromatic N) is 1. The lowest BCUT2D eigenvalue weighted by molar-refractivity contribution is -0.384. The molecule has 9 heteroatoms. The monoisotopic (exact) mass is 382 g/mol. The number of amides is 1. The predicted octanol–water partition coefficient (Wildman–Crippen LogP) is 2.32. The van der Waals surface area contributed by atoms with Crippen LogP contribution in [0.2, 0.25) is 0 Å². The number of carbonyl (C=O) groups excluding carboxylic acids is 1. The van der Waals surface area contributed by atoms with Gasteiger partial charge in [-0.2, -0.15) is 0 Å². The van der Waals surface area contributed by atoms with Gasteiger partial charge in [-0.05, 0) is 37.8 Å². The molecule has 1 saturated heterocycles. The zero-order chi connectivity index (χ0) is 19.1. The van der Waals surface area contributed by atoms with Gasteiger partial charge in [0.05, 0.1) is 16.1 Å². The van der Waals surface area contributed by atoms with E-state index in [-0.39, 0.29) is 24.1 Å². The summed E-state index contributed by atoms with van der Waals surface area (Å²) >= 11 is 1.27. The second kappa shape index (κ2) is 9.54. The second-order valence-corrected chi connectivity index (χ2v) is 7.56. The quantitative estimate of drug-likeness (QED) is 0.402. The molecule has 1 fully saturated rings. The standard InChI is InChI=1S/C17H22N2O6S/c1-11(26-14-4-2-13(3-5-14)19(23)24)16(20)18-10-15(17(21)22)12-6-8-25-9-7-12/h2-5,11-12,15H,6-10H2,1H3,(H,18,20)(H,21,22). The molecule has 2 atom stereocenters. The van der Waals surface area contributed by atoms with E-state index in [0.29, 0.717) is 26.1 Å². The molecule has 1 heterocycles. The highest BCUT2D eigenvalue weighted by molar-refractivity contribution is 8.00. The Morgan fingerprint density at radius 1 is 1.35 bits per heavy atom. The van der Waals surface area contributed by atoms with Crippen molar-refractivity contribution in [3.8, 4) is 0 Å². The largest absolute Gasteiger partial charge is 0.481 e. The first-order valence-electron chi connectivity index (χ1n) is 8.38. The summed E-state index contributed by atoms with van der Waals surface area (Å²) < 4.78 is 5.26. The Morgan fingerprint density at radius 3 is 2.50 bits per heavy atom. The molecule has 2 N–H and O–H groups in total. The SMILES string of the molecule is CC(Sc1ccc([N+](=O)[O-])cc1)C(=O)NCC(C(=O)O)C1CCOCC1. The maximum absolute atomic E-state index is 12.3. The number of non-ortho nitro benzene ring substituents is 1. The molecular formula is C17H22N2O6S. The van der Waals surface area contributed by atoms with Crippen LogP contribution in [-0.2, 0) is 14.3 Å². The lowest BCUT2D eigenvalue weighted by atomic mass is 9.86. The summed E-state index contributed by atoms with van der Waals surface area (Å²) in [6.07, 6.45) is 1.36. The highest BCUT2D eigenvalue weighted by Gasteiger charge is 2.30. The maximum atomic E-state index is 12.3. The van der Waals surface area contributed by atoms with Gasteiger partial charge in [0.25, 0.3) is 5.69 Å². The number of aliphatic carboxylic acids is 1. The van der Waals surface area contributed by atoms with Crippen molar-refractivity contribution in [1.82, 2.24) is 5.32 Å². The van der Waals surface area contributed by atoms with Gasteiger partial charge in [0.1, 0.15) is 0 Å². The summed E-state index contributed by atoms with van der Waals surface area (Å²) in [6.45, 7) is 2.90. The third kappa shape index (κ3) is 5.70. The van der Waals surface area contributed by atoms with Crippen LogP contribution in [-0.4, -0.2) is 46.9 Å². The van der Waals surface area contributed by atoms with E-state index in [9.17, 15) is 24.8 Å². The Labute approximate surface area is 155 Å². The Balaban J connectivity index is 1.86. The van der Waals surface area contributed by atoms with Gasteiger partial charge in [-0.15, -0.1) is 11.8 Å². The molecule has 0 saturated carbocycles. The average molecular weight is 382 g/mol. The number of rotatable bonds is 8. The molecule has 142 valence electrons. The minimum absolute atomic E-state index is 0.000758. The van der Waals surface area contributed by atoms with Crippen LogP contribution >= 0.6 is 11.8 Å². The molecule has 1 amide bonds. The van der Waals surface area contributed by atoms with Crippen LogP contribution in [0.3, 0.4) is 0 Å². The number of nitro groups is 1. The van der Waals surface area contributed by atoms with Crippen molar-refractivity contribution in [1.29, 1.82) is 0 Å². The lowest BCUT2D eigenvalue weighted by Crippen LogP contribution is -2.41. The zero-order valence-electron chi connectivity index (χ0n) is 14.4. The molecule has 0 radical (unpaired) electrons. The number of carboxylic acids is 1. The summed E-state index contributed by atoms with van der Waals surface area (Å²) in [5.74, 6) is -1.79. The Morgan fingerprint density at radius 2 is 1.96 bits per heavy atom. The number of nitro benzene ring substituents is 1. The first kappa shape index (κ1) is 20.2. The fourth-order valence-corrected chi connectivity index (χ4v) is 3.72. The molecule has 1 aromatic carbocycles. The number of hydrogen-bond donors (Lipinski definition) is 2. The van der Waals surface area contributed by atoms with Crippen molar-refractivity contribution >= 4 is 29.3 Å². The Bertz CT molecular complexity index is 645. The predicted molar refractivity (Wildman–Crippen MR) is 96.1 cm³/mol. The van der Waals surface area contributed by atoms with Gasteiger partial charge in [0.15, 0.2) is 0 Å². The number of hydrogen-bond acceptors (Lipinski definition) is 6. The number of thioether (sulfide) groups is 1. The normalized spacial score (nSPS) is 17.3. The van der Waals surface area contributed by atoms with Crippen molar-refractivity contribution in [2.24, 2.45) is 11.8 Å². The van der Waals surface area contributed by atoms with Crippen LogP contribution < -0.4 is 5.32 Å². The molecule has 26 heavy (non-hydrogen) atoms. The number of ether oxygens (including phenoxy) is 1. The number of benzene rings is 1. The third-order valence-electron chi connectivity index (χ3n) is 4.38. The number of carboxylic acid groups (broad SMARTS) is 1. The summed E-state index contributed by atoms with van der Waals surface area (Å²) in [6, 6.07) is 5.96. The van der Waals surface area contributed by atoms with E-state index < -0.39 is 22.1 Å². The molecule has 1 aliphatic rings. The van der Waals surface area contributed by atoms with Crippen LogP contribution in [0.5, 0.6) is 0 Å². The van der Waals surface area contributed by atoms with E-state index in [1.54, 1.807) is 19.1 Å². The molecule has 0 aromatic heterocycles. The van der Waals surface area contributed by atoms with Gasteiger partial charge in [-0.1, -0.05) is 0 Å². The summed E-state index contributed by atoms with van der Waals surface area (Å²) in [5, 5.41) is 22.4. The molecule has 2 rings (SSSR count). The first-order chi connectivity index (χ1) is 12.4. The van der Waals surface area contributed by atoms with Crippen LogP contribution in [0.15, 0.2) is 29.2 Å². The molecule has 8 nitrogen and oxygen atoms in total. The van der Waals surface area contributed by atoms with Crippen molar-refractivity contribution in [3.63, 3.8) is 0 Å². The molecular weight excluding hydrogens is 360 g/mol. The van der Waals surface area contributed by atoms with E-state index in [1.807, 2.05) is 0 Å². The summed E-state index contributed by atoms with van der Waals surface area (Å²) in [7, 11) is 0. The van der Waals surface area contributed by atoms with Crippen LogP contribution in [0, 0.1) is 22.0 Å². The van der Waals surface area contributed by atoms with Crippen molar-refractivity contribution in [2.45, 2.75) is 29.9 Å². The average Bonchev–Trinajstić information content (AvgIpc) is 2.62. The van der Waals surface area contributed by atoms with E-state index in [0.717, 1.165) is 4.90 Å². The Kier molecular flexibility index (Phi) is 7.40. The maximum Gasteiger partial charge on any atom is 0.308 e. The van der Waals surface area contributed by atoms with Crippen LogP contribution in [0.1, 0.15) is 19.8 Å². The van der Waals surface area contributed by atoms with Gasteiger partial charge in [0, 0.05) is 36.8 Å². The Hall–Kier alpha value is -2.13. The summed E-state index contributed by atoms with van der Waals surface area (Å²) in [5.41, 5.74) is -0.00721. The fraction of sp³-hybridized carbons (Fsp3) is 0.529. The minimum atomic E-state index is -0.909. The third-order valence-corrected chi connectivity index (χ3v) is 5.49. The molecule has 0 spiro atoms. The molecule has 1 aliphatic heterocycles. The van der Waals surface area contributed by atoms with Crippen LogP contribution in [0.25, 0.3) is 0 Å². The van der Waals surface area contributed by atoms with Gasteiger partial charge in [-0.3, -0.25) is 19.7 Å². The zero-order valence-corrected chi connectivity index (χ0v) is 15.2. The van der Waals surface area contributed by atoms with Gasteiger partial charge in [0.2, 0.25) is 5.91 Å².